The standard InChI is InChI=1S/C10H21N5OS/c1-4-17-8-9(2)15-10(12-13-14-15)7-11-5-6-16-3/h9,11H,4-8H2,1-3H3. The third kappa shape index (κ3) is 5.01. The number of aromatic nitrogens is 4. The van der Waals surface area contributed by atoms with Crippen molar-refractivity contribution in [2.75, 3.05) is 31.8 Å². The Morgan fingerprint density at radius 3 is 3.06 bits per heavy atom. The number of nitrogens with one attached hydrogen (secondary N) is 1. The highest BCUT2D eigenvalue weighted by Gasteiger charge is 2.12. The molecule has 1 unspecified atom stereocenters. The minimum Gasteiger partial charge on any atom is -0.383 e. The van der Waals surface area contributed by atoms with E-state index < -0.39 is 0 Å². The summed E-state index contributed by atoms with van der Waals surface area (Å²) in [5.41, 5.74) is 0. The van der Waals surface area contributed by atoms with E-state index >= 15 is 0 Å². The van der Waals surface area contributed by atoms with E-state index in [-0.39, 0.29) is 0 Å². The molecule has 1 atom stereocenters. The number of rotatable bonds is 9. The quantitative estimate of drug-likeness (QED) is 0.659. The SMILES string of the molecule is CCSCC(C)n1nnnc1CNCCOC. The molecule has 0 saturated carbocycles. The molecule has 1 aromatic rings. The van der Waals surface area contributed by atoms with Crippen molar-refractivity contribution in [1.82, 2.24) is 25.5 Å². The molecule has 0 amide bonds. The van der Waals surface area contributed by atoms with Crippen molar-refractivity contribution >= 4 is 11.8 Å². The van der Waals surface area contributed by atoms with Crippen LogP contribution in [0.4, 0.5) is 0 Å². The Kier molecular flexibility index (Phi) is 7.14. The van der Waals surface area contributed by atoms with E-state index in [1.807, 2.05) is 16.4 Å². The Bertz CT molecular complexity index is 307. The summed E-state index contributed by atoms with van der Waals surface area (Å²) in [6.45, 7) is 6.48. The summed E-state index contributed by atoms with van der Waals surface area (Å²) < 4.78 is 6.86. The minimum atomic E-state index is 0.328. The molecule has 17 heavy (non-hydrogen) atoms. The van der Waals surface area contributed by atoms with Gasteiger partial charge < -0.3 is 10.1 Å². The molecule has 0 fully saturated rings. The van der Waals surface area contributed by atoms with Gasteiger partial charge in [0.25, 0.3) is 0 Å². The number of nitrogens with zero attached hydrogens (tertiary/aromatic N) is 4. The minimum absolute atomic E-state index is 0.328. The van der Waals surface area contributed by atoms with E-state index in [1.165, 1.54) is 0 Å². The second-order valence-electron chi connectivity index (χ2n) is 3.72. The number of hydrogen-bond donors (Lipinski definition) is 1. The molecule has 0 spiro atoms. The van der Waals surface area contributed by atoms with Crippen LogP contribution in [-0.2, 0) is 11.3 Å². The molecule has 0 saturated heterocycles. The van der Waals surface area contributed by atoms with Gasteiger partial charge >= 0.3 is 0 Å². The van der Waals surface area contributed by atoms with Gasteiger partial charge in [-0.05, 0) is 23.1 Å². The molecule has 6 nitrogen and oxygen atoms in total. The largest absolute Gasteiger partial charge is 0.383 e. The molecule has 0 aliphatic carbocycles. The van der Waals surface area contributed by atoms with Crippen LogP contribution in [0.1, 0.15) is 25.7 Å². The number of thioether (sulfide) groups is 1. The summed E-state index contributed by atoms with van der Waals surface area (Å²) in [4.78, 5) is 0. The van der Waals surface area contributed by atoms with Crippen molar-refractivity contribution in [1.29, 1.82) is 0 Å². The van der Waals surface area contributed by atoms with E-state index in [0.717, 1.165) is 23.9 Å². The van der Waals surface area contributed by atoms with Gasteiger partial charge in [-0.25, -0.2) is 4.68 Å². The predicted octanol–water partition coefficient (Wildman–Crippen LogP) is 0.723. The van der Waals surface area contributed by atoms with Crippen LogP contribution in [0.3, 0.4) is 0 Å². The first-order valence-corrected chi connectivity index (χ1v) is 6.99. The molecule has 98 valence electrons. The van der Waals surface area contributed by atoms with E-state index in [0.29, 0.717) is 19.2 Å². The van der Waals surface area contributed by atoms with Gasteiger partial charge in [0, 0.05) is 19.4 Å². The lowest BCUT2D eigenvalue weighted by Gasteiger charge is -2.12. The van der Waals surface area contributed by atoms with Gasteiger partial charge in [0.1, 0.15) is 0 Å². The second kappa shape index (κ2) is 8.43. The van der Waals surface area contributed by atoms with E-state index in [2.05, 4.69) is 34.7 Å². The van der Waals surface area contributed by atoms with Crippen LogP contribution in [-0.4, -0.2) is 52.0 Å². The van der Waals surface area contributed by atoms with Crippen LogP contribution < -0.4 is 5.32 Å². The van der Waals surface area contributed by atoms with E-state index in [1.54, 1.807) is 7.11 Å². The summed E-state index contributed by atoms with van der Waals surface area (Å²) in [6.07, 6.45) is 0. The van der Waals surface area contributed by atoms with Crippen molar-refractivity contribution < 1.29 is 4.74 Å². The fourth-order valence-corrected chi connectivity index (χ4v) is 2.12. The van der Waals surface area contributed by atoms with Gasteiger partial charge in [0.2, 0.25) is 0 Å². The molecule has 1 rings (SSSR count). The highest BCUT2D eigenvalue weighted by molar-refractivity contribution is 7.99. The monoisotopic (exact) mass is 259 g/mol. The first-order chi connectivity index (χ1) is 8.29. The fourth-order valence-electron chi connectivity index (χ4n) is 1.40. The van der Waals surface area contributed by atoms with Crippen LogP contribution in [0, 0.1) is 0 Å². The normalized spacial score (nSPS) is 12.9. The predicted molar refractivity (Wildman–Crippen MR) is 69.1 cm³/mol. The maximum absolute atomic E-state index is 4.97. The molecule has 0 aromatic carbocycles. The average molecular weight is 259 g/mol. The van der Waals surface area contributed by atoms with Crippen LogP contribution in [0.25, 0.3) is 0 Å². The van der Waals surface area contributed by atoms with Gasteiger partial charge in [0.15, 0.2) is 5.82 Å². The van der Waals surface area contributed by atoms with Crippen LogP contribution in [0.5, 0.6) is 0 Å². The molecule has 0 aliphatic rings. The van der Waals surface area contributed by atoms with Crippen LogP contribution >= 0.6 is 11.8 Å². The lowest BCUT2D eigenvalue weighted by atomic mass is 10.4. The summed E-state index contributed by atoms with van der Waals surface area (Å²) in [5, 5.41) is 15.0. The van der Waals surface area contributed by atoms with Crippen LogP contribution in [0.2, 0.25) is 0 Å². The molecule has 1 N–H and O–H groups in total. The zero-order chi connectivity index (χ0) is 12.5. The first-order valence-electron chi connectivity index (χ1n) is 5.83. The second-order valence-corrected chi connectivity index (χ2v) is 5.04. The zero-order valence-corrected chi connectivity index (χ0v) is 11.5. The van der Waals surface area contributed by atoms with E-state index in [4.69, 9.17) is 4.74 Å². The van der Waals surface area contributed by atoms with Gasteiger partial charge in [-0.3, -0.25) is 0 Å². The molecule has 0 radical (unpaired) electrons. The van der Waals surface area contributed by atoms with Gasteiger partial charge in [-0.15, -0.1) is 5.10 Å². The Hall–Kier alpha value is -0.660. The molecular weight excluding hydrogens is 238 g/mol. The van der Waals surface area contributed by atoms with Gasteiger partial charge in [0.05, 0.1) is 19.2 Å². The Labute approximate surface area is 106 Å². The van der Waals surface area contributed by atoms with Crippen molar-refractivity contribution in [3.8, 4) is 0 Å². The summed E-state index contributed by atoms with van der Waals surface area (Å²) in [7, 11) is 1.69. The third-order valence-electron chi connectivity index (χ3n) is 2.31. The number of methoxy groups -OCH3 is 1. The lowest BCUT2D eigenvalue weighted by Crippen LogP contribution is -2.23. The summed E-state index contributed by atoms with van der Waals surface area (Å²) in [5.74, 6) is 3.03. The number of hydrogen-bond acceptors (Lipinski definition) is 6. The molecule has 1 heterocycles. The van der Waals surface area contributed by atoms with Gasteiger partial charge in [-0.2, -0.15) is 11.8 Å². The van der Waals surface area contributed by atoms with Crippen molar-refractivity contribution in [2.24, 2.45) is 0 Å². The maximum Gasteiger partial charge on any atom is 0.165 e. The Balaban J connectivity index is 2.41. The number of ether oxygens (including phenoxy) is 1. The van der Waals surface area contributed by atoms with E-state index in [9.17, 15) is 0 Å². The zero-order valence-electron chi connectivity index (χ0n) is 10.7. The molecule has 0 aliphatic heterocycles. The molecule has 1 aromatic heterocycles. The lowest BCUT2D eigenvalue weighted by molar-refractivity contribution is 0.198. The first kappa shape index (κ1) is 14.4. The van der Waals surface area contributed by atoms with Crippen molar-refractivity contribution in [2.45, 2.75) is 26.4 Å². The molecule has 7 heteroatoms. The van der Waals surface area contributed by atoms with Gasteiger partial charge in [-0.1, -0.05) is 6.92 Å². The Morgan fingerprint density at radius 1 is 1.53 bits per heavy atom. The highest BCUT2D eigenvalue weighted by Crippen LogP contribution is 2.13. The molecule has 0 bridgehead atoms. The Morgan fingerprint density at radius 2 is 2.35 bits per heavy atom. The maximum atomic E-state index is 4.97. The average Bonchev–Trinajstić information content (AvgIpc) is 2.80. The van der Waals surface area contributed by atoms with Crippen LogP contribution in [0.15, 0.2) is 0 Å². The topological polar surface area (TPSA) is 64.9 Å². The fraction of sp³-hybridized carbons (Fsp3) is 0.900. The van der Waals surface area contributed by atoms with Crippen molar-refractivity contribution in [3.05, 3.63) is 5.82 Å². The third-order valence-corrected chi connectivity index (χ3v) is 3.43. The molecular formula is C10H21N5OS. The number of tetrazole rings is 1. The highest BCUT2D eigenvalue weighted by atomic mass is 32.2. The summed E-state index contributed by atoms with van der Waals surface area (Å²) in [6, 6.07) is 0.328. The smallest absolute Gasteiger partial charge is 0.165 e. The summed E-state index contributed by atoms with van der Waals surface area (Å²) >= 11 is 1.90. The van der Waals surface area contributed by atoms with Crippen molar-refractivity contribution in [3.63, 3.8) is 0 Å².